The number of hydrogen-bond donors (Lipinski definition) is 2. The van der Waals surface area contributed by atoms with Crippen molar-refractivity contribution in [3.8, 4) is 0 Å². The number of hydrogen-bond acceptors (Lipinski definition) is 4. The van der Waals surface area contributed by atoms with Crippen molar-refractivity contribution in [1.82, 2.24) is 4.72 Å². The lowest BCUT2D eigenvalue weighted by molar-refractivity contribution is 0.198. The molecular formula is C10H20N2O3S. The van der Waals surface area contributed by atoms with Crippen molar-refractivity contribution < 1.29 is 13.2 Å². The summed E-state index contributed by atoms with van der Waals surface area (Å²) in [5.41, 5.74) is 5.79. The van der Waals surface area contributed by atoms with Gasteiger partial charge in [0.05, 0.1) is 6.61 Å². The minimum Gasteiger partial charge on any atom is -0.380 e. The van der Waals surface area contributed by atoms with E-state index in [-0.39, 0.29) is 17.3 Å². The summed E-state index contributed by atoms with van der Waals surface area (Å²) in [5.74, 6) is 0. The Balaban J connectivity index is 1.88. The third-order valence-electron chi connectivity index (χ3n) is 3.43. The molecule has 0 aromatic carbocycles. The van der Waals surface area contributed by atoms with Crippen molar-refractivity contribution in [3.05, 3.63) is 0 Å². The number of sulfonamides is 1. The molecule has 0 aromatic heterocycles. The van der Waals surface area contributed by atoms with Crippen LogP contribution in [0, 0.1) is 0 Å². The maximum absolute atomic E-state index is 12.0. The standard InChI is InChI=1S/C10H20N2O3S/c11-8-1-3-9(4-2-8)12-16(13,14)10-5-6-15-7-10/h8-10,12H,1-7,11H2. The minimum absolute atomic E-state index is 0.0744. The predicted octanol–water partition coefficient (Wildman–Crippen LogP) is -0.0354. The normalized spacial score (nSPS) is 36.4. The predicted molar refractivity (Wildman–Crippen MR) is 61.5 cm³/mol. The molecule has 2 aliphatic rings. The number of nitrogens with two attached hydrogens (primary N) is 1. The highest BCUT2D eigenvalue weighted by molar-refractivity contribution is 7.90. The average Bonchev–Trinajstić information content (AvgIpc) is 2.75. The number of nitrogens with one attached hydrogen (secondary N) is 1. The second-order valence-electron chi connectivity index (χ2n) is 4.76. The van der Waals surface area contributed by atoms with Crippen molar-refractivity contribution in [2.24, 2.45) is 5.73 Å². The quantitative estimate of drug-likeness (QED) is 0.734. The van der Waals surface area contributed by atoms with Gasteiger partial charge in [0, 0.05) is 18.7 Å². The van der Waals surface area contributed by atoms with Gasteiger partial charge in [-0.25, -0.2) is 13.1 Å². The van der Waals surface area contributed by atoms with E-state index in [9.17, 15) is 8.42 Å². The van der Waals surface area contributed by atoms with Gasteiger partial charge < -0.3 is 10.5 Å². The van der Waals surface area contributed by atoms with Gasteiger partial charge in [-0.15, -0.1) is 0 Å². The summed E-state index contributed by atoms with van der Waals surface area (Å²) in [5, 5.41) is -0.358. The van der Waals surface area contributed by atoms with Crippen LogP contribution in [0.2, 0.25) is 0 Å². The fraction of sp³-hybridized carbons (Fsp3) is 1.00. The molecule has 1 aliphatic heterocycles. The Kier molecular flexibility index (Phi) is 3.84. The molecule has 3 N–H and O–H groups in total. The van der Waals surface area contributed by atoms with Gasteiger partial charge in [0.25, 0.3) is 0 Å². The molecule has 0 amide bonds. The Bertz CT molecular complexity index is 317. The van der Waals surface area contributed by atoms with Gasteiger partial charge in [-0.05, 0) is 32.1 Å². The lowest BCUT2D eigenvalue weighted by Gasteiger charge is -2.27. The molecule has 0 radical (unpaired) electrons. The summed E-state index contributed by atoms with van der Waals surface area (Å²) < 4.78 is 31.8. The highest BCUT2D eigenvalue weighted by Crippen LogP contribution is 2.20. The summed E-state index contributed by atoms with van der Waals surface area (Å²) >= 11 is 0. The zero-order valence-corrected chi connectivity index (χ0v) is 10.2. The van der Waals surface area contributed by atoms with E-state index in [1.54, 1.807) is 0 Å². The molecule has 5 nitrogen and oxygen atoms in total. The van der Waals surface area contributed by atoms with Crippen LogP contribution >= 0.6 is 0 Å². The maximum atomic E-state index is 12.0. The molecule has 0 spiro atoms. The Morgan fingerprint density at radius 2 is 1.81 bits per heavy atom. The smallest absolute Gasteiger partial charge is 0.217 e. The molecule has 16 heavy (non-hydrogen) atoms. The number of rotatable bonds is 3. The third kappa shape index (κ3) is 2.94. The molecule has 6 heteroatoms. The van der Waals surface area contributed by atoms with Crippen LogP contribution < -0.4 is 10.5 Å². The first-order valence-electron chi connectivity index (χ1n) is 5.92. The summed E-state index contributed by atoms with van der Waals surface area (Å²) in [6.45, 7) is 0.892. The molecule has 1 atom stereocenters. The van der Waals surface area contributed by atoms with Crippen LogP contribution in [-0.2, 0) is 14.8 Å². The lowest BCUT2D eigenvalue weighted by Crippen LogP contribution is -2.44. The summed E-state index contributed by atoms with van der Waals surface area (Å²) in [4.78, 5) is 0. The van der Waals surface area contributed by atoms with Crippen molar-refractivity contribution in [3.63, 3.8) is 0 Å². The Morgan fingerprint density at radius 3 is 2.38 bits per heavy atom. The Labute approximate surface area is 96.8 Å². The minimum atomic E-state index is -3.19. The highest BCUT2D eigenvalue weighted by Gasteiger charge is 2.32. The monoisotopic (exact) mass is 248 g/mol. The van der Waals surface area contributed by atoms with Crippen molar-refractivity contribution >= 4 is 10.0 Å². The lowest BCUT2D eigenvalue weighted by atomic mass is 9.93. The highest BCUT2D eigenvalue weighted by atomic mass is 32.2. The summed E-state index contributed by atoms with van der Waals surface area (Å²) in [6, 6.07) is 0.320. The van der Waals surface area contributed by atoms with Gasteiger partial charge in [0.2, 0.25) is 10.0 Å². The third-order valence-corrected chi connectivity index (χ3v) is 5.34. The number of ether oxygens (including phenoxy) is 1. The van der Waals surface area contributed by atoms with Crippen LogP contribution in [0.1, 0.15) is 32.1 Å². The van der Waals surface area contributed by atoms with Gasteiger partial charge in [0.1, 0.15) is 5.25 Å². The molecular weight excluding hydrogens is 228 g/mol. The average molecular weight is 248 g/mol. The molecule has 94 valence electrons. The molecule has 0 bridgehead atoms. The van der Waals surface area contributed by atoms with Crippen LogP contribution in [0.3, 0.4) is 0 Å². The van der Waals surface area contributed by atoms with Crippen molar-refractivity contribution in [1.29, 1.82) is 0 Å². The second kappa shape index (κ2) is 5.00. The molecule has 0 aromatic rings. The largest absolute Gasteiger partial charge is 0.380 e. The van der Waals surface area contributed by atoms with E-state index in [1.807, 2.05) is 0 Å². The molecule has 1 unspecified atom stereocenters. The van der Waals surface area contributed by atoms with Crippen LogP contribution in [0.5, 0.6) is 0 Å². The molecule has 1 saturated heterocycles. The van der Waals surface area contributed by atoms with Crippen molar-refractivity contribution in [2.45, 2.75) is 49.4 Å². The van der Waals surface area contributed by atoms with E-state index < -0.39 is 10.0 Å². The molecule has 2 rings (SSSR count). The molecule has 1 aliphatic carbocycles. The van der Waals surface area contributed by atoms with Gasteiger partial charge in [-0.1, -0.05) is 0 Å². The van der Waals surface area contributed by atoms with Gasteiger partial charge >= 0.3 is 0 Å². The topological polar surface area (TPSA) is 81.4 Å². The molecule has 1 heterocycles. The first-order valence-corrected chi connectivity index (χ1v) is 7.47. The SMILES string of the molecule is NC1CCC(NS(=O)(=O)C2CCOC2)CC1. The second-order valence-corrected chi connectivity index (χ2v) is 6.75. The fourth-order valence-electron chi connectivity index (χ4n) is 2.32. The maximum Gasteiger partial charge on any atom is 0.217 e. The molecule has 2 fully saturated rings. The van der Waals surface area contributed by atoms with Crippen molar-refractivity contribution in [2.75, 3.05) is 13.2 Å². The van der Waals surface area contributed by atoms with Crippen LogP contribution in [0.15, 0.2) is 0 Å². The fourth-order valence-corrected chi connectivity index (χ4v) is 3.90. The van der Waals surface area contributed by atoms with Crippen LogP contribution in [0.25, 0.3) is 0 Å². The van der Waals surface area contributed by atoms with Gasteiger partial charge in [-0.2, -0.15) is 0 Å². The zero-order valence-electron chi connectivity index (χ0n) is 9.39. The van der Waals surface area contributed by atoms with E-state index in [0.717, 1.165) is 25.7 Å². The molecule has 1 saturated carbocycles. The van der Waals surface area contributed by atoms with Gasteiger partial charge in [0.15, 0.2) is 0 Å². The van der Waals surface area contributed by atoms with Crippen LogP contribution in [-0.4, -0.2) is 39.0 Å². The van der Waals surface area contributed by atoms with E-state index in [0.29, 0.717) is 19.6 Å². The van der Waals surface area contributed by atoms with Gasteiger partial charge in [-0.3, -0.25) is 0 Å². The first kappa shape index (κ1) is 12.3. The van der Waals surface area contributed by atoms with E-state index in [1.165, 1.54) is 0 Å². The summed E-state index contributed by atoms with van der Waals surface area (Å²) in [7, 11) is -3.19. The Morgan fingerprint density at radius 1 is 1.12 bits per heavy atom. The Hall–Kier alpha value is -0.170. The van der Waals surface area contributed by atoms with Crippen LogP contribution in [0.4, 0.5) is 0 Å². The van der Waals surface area contributed by atoms with E-state index in [4.69, 9.17) is 10.5 Å². The zero-order chi connectivity index (χ0) is 11.6. The van der Waals surface area contributed by atoms with E-state index in [2.05, 4.69) is 4.72 Å². The van der Waals surface area contributed by atoms with E-state index >= 15 is 0 Å². The summed E-state index contributed by atoms with van der Waals surface area (Å²) in [6.07, 6.45) is 4.15. The first-order chi connectivity index (χ1) is 7.58.